The third-order valence-electron chi connectivity index (χ3n) is 2.31. The number of rotatable bonds is 4. The van der Waals surface area contributed by atoms with Gasteiger partial charge < -0.3 is 0 Å². The minimum absolute atomic E-state index is 0.266. The minimum atomic E-state index is 0.266. The molecular weight excluding hydrogens is 200 g/mol. The normalized spacial score (nSPS) is 9.94. The van der Waals surface area contributed by atoms with Crippen LogP contribution in [0.5, 0.6) is 0 Å². The zero-order valence-corrected chi connectivity index (χ0v) is 8.85. The number of nitriles is 1. The van der Waals surface area contributed by atoms with Gasteiger partial charge in [0.2, 0.25) is 0 Å². The van der Waals surface area contributed by atoms with Crippen molar-refractivity contribution in [3.8, 4) is 6.07 Å². The van der Waals surface area contributed by atoms with Gasteiger partial charge in [0.05, 0.1) is 12.5 Å². The van der Waals surface area contributed by atoms with Gasteiger partial charge in [0, 0.05) is 6.42 Å². The summed E-state index contributed by atoms with van der Waals surface area (Å²) < 4.78 is 0. The van der Waals surface area contributed by atoms with Gasteiger partial charge in [-0.05, 0) is 12.0 Å². The molecule has 1 N–H and O–H groups in total. The maximum absolute atomic E-state index is 8.49. The second-order valence-corrected chi connectivity index (χ2v) is 3.52. The highest BCUT2D eigenvalue weighted by Crippen LogP contribution is 2.03. The van der Waals surface area contributed by atoms with Crippen molar-refractivity contribution in [1.82, 2.24) is 15.2 Å². The van der Waals surface area contributed by atoms with E-state index in [1.54, 1.807) is 0 Å². The summed E-state index contributed by atoms with van der Waals surface area (Å²) in [7, 11) is 0. The number of nitrogens with zero attached hydrogens (tertiary/aromatic N) is 3. The summed E-state index contributed by atoms with van der Waals surface area (Å²) in [6, 6.07) is 12.3. The van der Waals surface area contributed by atoms with Crippen LogP contribution in [0.1, 0.15) is 17.2 Å². The van der Waals surface area contributed by atoms with Gasteiger partial charge in [0.25, 0.3) is 0 Å². The monoisotopic (exact) mass is 212 g/mol. The van der Waals surface area contributed by atoms with Crippen LogP contribution in [-0.4, -0.2) is 15.2 Å². The van der Waals surface area contributed by atoms with Crippen molar-refractivity contribution >= 4 is 0 Å². The van der Waals surface area contributed by atoms with E-state index in [1.807, 2.05) is 24.3 Å². The van der Waals surface area contributed by atoms with Gasteiger partial charge >= 0.3 is 0 Å². The van der Waals surface area contributed by atoms with Gasteiger partial charge in [-0.25, -0.2) is 4.98 Å². The Hall–Kier alpha value is -2.15. The van der Waals surface area contributed by atoms with E-state index in [9.17, 15) is 0 Å². The lowest BCUT2D eigenvalue weighted by molar-refractivity contribution is 0.865. The Kier molecular flexibility index (Phi) is 3.29. The fourth-order valence-electron chi connectivity index (χ4n) is 1.50. The van der Waals surface area contributed by atoms with Crippen molar-refractivity contribution < 1.29 is 0 Å². The summed E-state index contributed by atoms with van der Waals surface area (Å²) in [5.74, 6) is 1.42. The van der Waals surface area contributed by atoms with Crippen molar-refractivity contribution in [2.24, 2.45) is 0 Å². The molecule has 2 rings (SSSR count). The molecule has 0 fully saturated rings. The Morgan fingerprint density at radius 2 is 2.00 bits per heavy atom. The smallest absolute Gasteiger partial charge is 0.164 e. The van der Waals surface area contributed by atoms with Crippen LogP contribution in [0.4, 0.5) is 0 Å². The number of aromatic amines is 1. The summed E-state index contributed by atoms with van der Waals surface area (Å²) in [6.07, 6.45) is 2.02. The number of aryl methyl sites for hydroxylation is 2. The predicted octanol–water partition coefficient (Wildman–Crippen LogP) is 1.66. The van der Waals surface area contributed by atoms with E-state index in [2.05, 4.69) is 27.3 Å². The fraction of sp³-hybridized carbons (Fsp3) is 0.250. The van der Waals surface area contributed by atoms with Crippen LogP contribution in [0.3, 0.4) is 0 Å². The molecule has 0 amide bonds. The summed E-state index contributed by atoms with van der Waals surface area (Å²) in [5.41, 5.74) is 1.28. The van der Waals surface area contributed by atoms with Gasteiger partial charge in [-0.2, -0.15) is 10.4 Å². The van der Waals surface area contributed by atoms with Gasteiger partial charge in [0.1, 0.15) is 5.82 Å². The molecule has 0 bridgehead atoms. The molecule has 0 saturated carbocycles. The minimum Gasteiger partial charge on any atom is -0.263 e. The van der Waals surface area contributed by atoms with E-state index >= 15 is 0 Å². The van der Waals surface area contributed by atoms with Crippen molar-refractivity contribution in [2.45, 2.75) is 19.3 Å². The van der Waals surface area contributed by atoms with E-state index < -0.39 is 0 Å². The summed E-state index contributed by atoms with van der Waals surface area (Å²) in [6.45, 7) is 0. The third-order valence-corrected chi connectivity index (χ3v) is 2.31. The van der Waals surface area contributed by atoms with Crippen molar-refractivity contribution in [3.63, 3.8) is 0 Å². The van der Waals surface area contributed by atoms with Crippen molar-refractivity contribution in [1.29, 1.82) is 5.26 Å². The zero-order valence-electron chi connectivity index (χ0n) is 8.85. The lowest BCUT2D eigenvalue weighted by Gasteiger charge is -1.97. The van der Waals surface area contributed by atoms with Crippen LogP contribution in [0, 0.1) is 11.3 Å². The topological polar surface area (TPSA) is 65.4 Å². The number of aromatic nitrogens is 3. The molecule has 0 saturated heterocycles. The van der Waals surface area contributed by atoms with Crippen LogP contribution in [-0.2, 0) is 19.3 Å². The van der Waals surface area contributed by atoms with Gasteiger partial charge in [0.15, 0.2) is 5.82 Å². The van der Waals surface area contributed by atoms with Crippen molar-refractivity contribution in [2.75, 3.05) is 0 Å². The average molecular weight is 212 g/mol. The molecule has 1 heterocycles. The first kappa shape index (κ1) is 10.4. The fourth-order valence-corrected chi connectivity index (χ4v) is 1.50. The first-order valence-corrected chi connectivity index (χ1v) is 5.19. The third kappa shape index (κ3) is 2.67. The molecule has 1 aromatic carbocycles. The van der Waals surface area contributed by atoms with Crippen LogP contribution in [0.25, 0.3) is 0 Å². The molecule has 2 aromatic rings. The van der Waals surface area contributed by atoms with Crippen LogP contribution in [0.2, 0.25) is 0 Å². The SMILES string of the molecule is N#CCc1n[nH]c(CCc2ccccc2)n1. The molecule has 0 radical (unpaired) electrons. The maximum Gasteiger partial charge on any atom is 0.164 e. The van der Waals surface area contributed by atoms with Crippen LogP contribution in [0.15, 0.2) is 30.3 Å². The molecule has 0 aliphatic carbocycles. The molecule has 4 heteroatoms. The van der Waals surface area contributed by atoms with Crippen LogP contribution < -0.4 is 0 Å². The predicted molar refractivity (Wildman–Crippen MR) is 59.5 cm³/mol. The number of hydrogen-bond acceptors (Lipinski definition) is 3. The summed E-state index contributed by atoms with van der Waals surface area (Å²) >= 11 is 0. The molecule has 0 aliphatic heterocycles. The second kappa shape index (κ2) is 5.08. The number of nitrogens with one attached hydrogen (secondary N) is 1. The number of hydrogen-bond donors (Lipinski definition) is 1. The first-order valence-electron chi connectivity index (χ1n) is 5.19. The molecule has 4 nitrogen and oxygen atoms in total. The molecule has 0 spiro atoms. The van der Waals surface area contributed by atoms with E-state index in [-0.39, 0.29) is 6.42 Å². The first-order chi connectivity index (χ1) is 7.88. The molecule has 0 atom stereocenters. The van der Waals surface area contributed by atoms with E-state index in [4.69, 9.17) is 5.26 Å². The average Bonchev–Trinajstić information content (AvgIpc) is 2.76. The Balaban J connectivity index is 1.93. The largest absolute Gasteiger partial charge is 0.263 e. The highest BCUT2D eigenvalue weighted by Gasteiger charge is 2.02. The zero-order chi connectivity index (χ0) is 11.2. The van der Waals surface area contributed by atoms with Crippen LogP contribution >= 0.6 is 0 Å². The molecule has 80 valence electrons. The lowest BCUT2D eigenvalue weighted by Crippen LogP contribution is -1.93. The Labute approximate surface area is 94.0 Å². The maximum atomic E-state index is 8.49. The van der Waals surface area contributed by atoms with Gasteiger partial charge in [-0.1, -0.05) is 30.3 Å². The van der Waals surface area contributed by atoms with E-state index in [0.29, 0.717) is 5.82 Å². The Morgan fingerprint density at radius 1 is 1.19 bits per heavy atom. The van der Waals surface area contributed by atoms with Gasteiger partial charge in [-0.3, -0.25) is 5.10 Å². The molecule has 0 aliphatic rings. The lowest BCUT2D eigenvalue weighted by atomic mass is 10.1. The summed E-state index contributed by atoms with van der Waals surface area (Å²) in [4.78, 5) is 4.23. The van der Waals surface area contributed by atoms with E-state index in [1.165, 1.54) is 5.56 Å². The highest BCUT2D eigenvalue weighted by atomic mass is 15.2. The quantitative estimate of drug-likeness (QED) is 0.838. The highest BCUT2D eigenvalue weighted by molar-refractivity contribution is 5.15. The van der Waals surface area contributed by atoms with Gasteiger partial charge in [-0.15, -0.1) is 0 Å². The molecule has 0 unspecified atom stereocenters. The standard InChI is InChI=1S/C12H12N4/c13-9-8-12-14-11(15-16-12)7-6-10-4-2-1-3-5-10/h1-5H,6-8H2,(H,14,15,16). The van der Waals surface area contributed by atoms with E-state index in [0.717, 1.165) is 18.7 Å². The summed E-state index contributed by atoms with van der Waals surface area (Å²) in [5, 5.41) is 15.3. The number of benzene rings is 1. The van der Waals surface area contributed by atoms with Crippen molar-refractivity contribution in [3.05, 3.63) is 47.5 Å². The molecular formula is C12H12N4. The Morgan fingerprint density at radius 3 is 2.75 bits per heavy atom. The Bertz CT molecular complexity index is 481. The molecule has 16 heavy (non-hydrogen) atoms. The second-order valence-electron chi connectivity index (χ2n) is 3.52. The number of H-pyrrole nitrogens is 1. The molecule has 1 aromatic heterocycles.